The molecule has 0 aromatic carbocycles. The lowest BCUT2D eigenvalue weighted by Crippen LogP contribution is -2.71. The van der Waals surface area contributed by atoms with Gasteiger partial charge in [-0.25, -0.2) is 14.6 Å². The quantitative estimate of drug-likeness (QED) is 0.167. The highest BCUT2D eigenvalue weighted by atomic mass is 32.1. The summed E-state index contributed by atoms with van der Waals surface area (Å²) in [6.45, 7) is 13.2. The Bertz CT molecular complexity index is 1430. The summed E-state index contributed by atoms with van der Waals surface area (Å²) >= 11 is 0.992. The molecule has 0 saturated carbocycles. The third-order valence-corrected chi connectivity index (χ3v) is 6.17. The fourth-order valence-corrected chi connectivity index (χ4v) is 4.11. The highest BCUT2D eigenvalue weighted by Crippen LogP contribution is 2.21. The SMILES string of the molecule is CC(C)(C)OC(=O)Nc1nc(C(=NOC(C)(C)C(=O)OC(C)(C)C)C(=O)NC2C(=O)NC2Cn2ccccc2=O)cs1. The number of pyridine rings is 1. The lowest BCUT2D eigenvalue weighted by Gasteiger charge is -2.37. The van der Waals surface area contributed by atoms with E-state index in [9.17, 15) is 24.0 Å². The smallest absolute Gasteiger partial charge is 0.413 e. The fourth-order valence-electron chi connectivity index (χ4n) is 3.43. The number of oxime groups is 1. The van der Waals surface area contributed by atoms with Gasteiger partial charge < -0.3 is 29.5 Å². The van der Waals surface area contributed by atoms with Crippen molar-refractivity contribution in [3.63, 3.8) is 0 Å². The summed E-state index contributed by atoms with van der Waals surface area (Å²) < 4.78 is 12.0. The van der Waals surface area contributed by atoms with Gasteiger partial charge in [-0.2, -0.15) is 0 Å². The van der Waals surface area contributed by atoms with E-state index in [1.165, 1.54) is 29.9 Å². The van der Waals surface area contributed by atoms with Gasteiger partial charge in [0.05, 0.1) is 6.04 Å². The van der Waals surface area contributed by atoms with E-state index in [-0.39, 0.29) is 28.6 Å². The van der Waals surface area contributed by atoms with Gasteiger partial charge >= 0.3 is 12.1 Å². The Labute approximate surface area is 246 Å². The van der Waals surface area contributed by atoms with Gasteiger partial charge in [0, 0.05) is 24.2 Å². The molecule has 3 rings (SSSR count). The van der Waals surface area contributed by atoms with Crippen LogP contribution in [0.2, 0.25) is 0 Å². The summed E-state index contributed by atoms with van der Waals surface area (Å²) in [6.07, 6.45) is 0.818. The van der Waals surface area contributed by atoms with Crippen LogP contribution in [-0.2, 0) is 35.2 Å². The first-order valence-corrected chi connectivity index (χ1v) is 13.9. The zero-order valence-electron chi connectivity index (χ0n) is 24.8. The second kappa shape index (κ2) is 12.3. The van der Waals surface area contributed by atoms with Crippen molar-refractivity contribution in [2.75, 3.05) is 5.32 Å². The molecule has 2 aromatic heterocycles. The molecular formula is C27H36N6O8S. The van der Waals surface area contributed by atoms with E-state index in [4.69, 9.17) is 14.3 Å². The molecule has 228 valence electrons. The van der Waals surface area contributed by atoms with Crippen LogP contribution in [0.25, 0.3) is 0 Å². The van der Waals surface area contributed by atoms with Gasteiger partial charge in [0.1, 0.15) is 22.9 Å². The maximum atomic E-state index is 13.5. The van der Waals surface area contributed by atoms with Crippen LogP contribution < -0.4 is 21.5 Å². The van der Waals surface area contributed by atoms with Crippen LogP contribution in [0.5, 0.6) is 0 Å². The number of nitrogens with one attached hydrogen (secondary N) is 3. The van der Waals surface area contributed by atoms with Gasteiger partial charge in [0.15, 0.2) is 10.8 Å². The van der Waals surface area contributed by atoms with Crippen molar-refractivity contribution in [1.29, 1.82) is 0 Å². The molecule has 0 radical (unpaired) electrons. The van der Waals surface area contributed by atoms with Crippen molar-refractivity contribution >= 4 is 46.1 Å². The third-order valence-electron chi connectivity index (χ3n) is 5.42. The van der Waals surface area contributed by atoms with E-state index in [0.717, 1.165) is 11.3 Å². The average Bonchev–Trinajstić information content (AvgIpc) is 3.29. The molecule has 1 aliphatic rings. The standard InChI is InChI=1S/C27H36N6O8S/c1-25(2,3)39-22(37)27(7,8)41-32-19(16-14-42-23(29-16)31-24(38)40-26(4,5)6)21(36)30-18-15(28-20(18)35)13-33-12-10-9-11-17(33)34/h9-12,14-15,18H,13H2,1-8H3,(H,28,35)(H,30,36)(H,29,31,38). The topological polar surface area (TPSA) is 179 Å². The number of anilines is 1. The number of amides is 3. The Morgan fingerprint density at radius 2 is 1.71 bits per heavy atom. The van der Waals surface area contributed by atoms with Gasteiger partial charge in [0.2, 0.25) is 11.5 Å². The average molecular weight is 605 g/mol. The molecule has 3 heterocycles. The zero-order chi connectivity index (χ0) is 31.5. The van der Waals surface area contributed by atoms with Gasteiger partial charge in [-0.3, -0.25) is 19.7 Å². The number of thiazole rings is 1. The normalized spacial score (nSPS) is 17.4. The maximum Gasteiger partial charge on any atom is 0.413 e. The van der Waals surface area contributed by atoms with Crippen molar-refractivity contribution < 1.29 is 33.5 Å². The molecule has 14 nitrogen and oxygen atoms in total. The Morgan fingerprint density at radius 1 is 1.05 bits per heavy atom. The number of carbonyl (C=O) groups excluding carboxylic acids is 4. The van der Waals surface area contributed by atoms with Gasteiger partial charge in [-0.15, -0.1) is 11.3 Å². The second-order valence-electron chi connectivity index (χ2n) is 12.0. The van der Waals surface area contributed by atoms with Gasteiger partial charge in [-0.1, -0.05) is 11.2 Å². The number of hydrogen-bond acceptors (Lipinski definition) is 11. The van der Waals surface area contributed by atoms with Crippen LogP contribution in [-0.4, -0.2) is 68.0 Å². The van der Waals surface area contributed by atoms with Crippen LogP contribution in [0.1, 0.15) is 61.1 Å². The monoisotopic (exact) mass is 604 g/mol. The van der Waals surface area contributed by atoms with Crippen LogP contribution in [0, 0.1) is 0 Å². The minimum absolute atomic E-state index is 0.000826. The van der Waals surface area contributed by atoms with Crippen molar-refractivity contribution in [3.8, 4) is 0 Å². The van der Waals surface area contributed by atoms with Crippen molar-refractivity contribution in [3.05, 3.63) is 45.8 Å². The molecule has 2 unspecified atom stereocenters. The number of ether oxygens (including phenoxy) is 2. The maximum absolute atomic E-state index is 13.5. The lowest BCUT2D eigenvalue weighted by molar-refractivity contribution is -0.179. The molecule has 42 heavy (non-hydrogen) atoms. The van der Waals surface area contributed by atoms with E-state index in [0.29, 0.717) is 0 Å². The van der Waals surface area contributed by atoms with Gasteiger partial charge in [-0.05, 0) is 61.5 Å². The highest BCUT2D eigenvalue weighted by molar-refractivity contribution is 7.14. The number of esters is 1. The first-order chi connectivity index (χ1) is 19.3. The summed E-state index contributed by atoms with van der Waals surface area (Å²) in [5, 5.41) is 13.2. The molecule has 0 bridgehead atoms. The first kappa shape index (κ1) is 32.2. The summed E-state index contributed by atoms with van der Waals surface area (Å²) in [6, 6.07) is 3.08. The van der Waals surface area contributed by atoms with Crippen LogP contribution in [0.3, 0.4) is 0 Å². The predicted octanol–water partition coefficient (Wildman–Crippen LogP) is 2.18. The van der Waals surface area contributed by atoms with E-state index in [1.54, 1.807) is 59.9 Å². The summed E-state index contributed by atoms with van der Waals surface area (Å²) in [7, 11) is 0. The van der Waals surface area contributed by atoms with Crippen LogP contribution in [0.4, 0.5) is 9.93 Å². The molecule has 0 aliphatic carbocycles. The number of rotatable bonds is 9. The summed E-state index contributed by atoms with van der Waals surface area (Å²) in [4.78, 5) is 72.6. The Hall–Kier alpha value is -4.27. The third kappa shape index (κ3) is 8.86. The minimum atomic E-state index is -1.60. The molecule has 15 heteroatoms. The van der Waals surface area contributed by atoms with Gasteiger partial charge in [0.25, 0.3) is 11.5 Å². The molecular weight excluding hydrogens is 568 g/mol. The molecule has 3 amide bonds. The number of hydrogen-bond donors (Lipinski definition) is 3. The Balaban J connectivity index is 1.85. The molecule has 1 fully saturated rings. The largest absolute Gasteiger partial charge is 0.457 e. The van der Waals surface area contributed by atoms with Crippen molar-refractivity contribution in [1.82, 2.24) is 20.2 Å². The van der Waals surface area contributed by atoms with Crippen molar-refractivity contribution in [2.45, 2.75) is 90.8 Å². The fraction of sp³-hybridized carbons (Fsp3) is 0.519. The Kier molecular flexibility index (Phi) is 9.45. The molecule has 2 atom stereocenters. The second-order valence-corrected chi connectivity index (χ2v) is 12.8. The lowest BCUT2D eigenvalue weighted by atomic mass is 9.98. The molecule has 1 saturated heterocycles. The number of aromatic nitrogens is 2. The van der Waals surface area contributed by atoms with Crippen LogP contribution >= 0.6 is 11.3 Å². The van der Waals surface area contributed by atoms with E-state index in [1.807, 2.05) is 0 Å². The van der Waals surface area contributed by atoms with E-state index in [2.05, 4.69) is 26.1 Å². The zero-order valence-corrected chi connectivity index (χ0v) is 25.6. The Morgan fingerprint density at radius 3 is 2.31 bits per heavy atom. The molecule has 1 aliphatic heterocycles. The number of nitrogens with zero attached hydrogens (tertiary/aromatic N) is 3. The van der Waals surface area contributed by atoms with E-state index < -0.39 is 52.8 Å². The number of β-lactam (4-membered cyclic amide) rings is 1. The summed E-state index contributed by atoms with van der Waals surface area (Å²) in [5.74, 6) is -2.03. The van der Waals surface area contributed by atoms with Crippen LogP contribution in [0.15, 0.2) is 39.7 Å². The summed E-state index contributed by atoms with van der Waals surface area (Å²) in [5.41, 5.74) is -3.78. The number of carbonyl (C=O) groups is 4. The molecule has 0 spiro atoms. The van der Waals surface area contributed by atoms with Crippen molar-refractivity contribution in [2.24, 2.45) is 5.16 Å². The highest BCUT2D eigenvalue weighted by Gasteiger charge is 2.42. The minimum Gasteiger partial charge on any atom is -0.457 e. The molecule has 3 N–H and O–H groups in total. The first-order valence-electron chi connectivity index (χ1n) is 13.1. The molecule has 2 aromatic rings. The predicted molar refractivity (Wildman–Crippen MR) is 154 cm³/mol. The van der Waals surface area contributed by atoms with E-state index >= 15 is 0 Å².